The highest BCUT2D eigenvalue weighted by atomic mass is 16.2. The van der Waals surface area contributed by atoms with Crippen molar-refractivity contribution < 1.29 is 4.79 Å². The Morgan fingerprint density at radius 1 is 1.50 bits per heavy atom. The van der Waals surface area contributed by atoms with Crippen LogP contribution in [0.3, 0.4) is 0 Å². The van der Waals surface area contributed by atoms with E-state index >= 15 is 0 Å². The molecule has 2 aliphatic rings. The minimum absolute atomic E-state index is 0.0578. The second-order valence-corrected chi connectivity index (χ2v) is 5.21. The third-order valence-electron chi connectivity index (χ3n) is 3.81. The molecule has 3 rings (SSSR count). The van der Waals surface area contributed by atoms with Gasteiger partial charge < -0.3 is 20.4 Å². The summed E-state index contributed by atoms with van der Waals surface area (Å²) >= 11 is 0. The maximum Gasteiger partial charge on any atom is 0.317 e. The molecule has 1 aromatic rings. The van der Waals surface area contributed by atoms with E-state index in [9.17, 15) is 4.79 Å². The van der Waals surface area contributed by atoms with Crippen molar-refractivity contribution in [2.24, 2.45) is 0 Å². The molecule has 2 N–H and O–H groups in total. The van der Waals surface area contributed by atoms with Gasteiger partial charge in [-0.05, 0) is 13.8 Å². The van der Waals surface area contributed by atoms with E-state index in [1.165, 1.54) is 0 Å². The van der Waals surface area contributed by atoms with Gasteiger partial charge in [0.05, 0.1) is 6.04 Å². The summed E-state index contributed by atoms with van der Waals surface area (Å²) in [6.45, 7) is 7.95. The first kappa shape index (κ1) is 13.0. The minimum atomic E-state index is 0.0578. The third kappa shape index (κ3) is 2.23. The SMILES string of the molecule is CCNc1ncc(C)c(N2CCN3C(=O)NCC3C2)n1. The summed E-state index contributed by atoms with van der Waals surface area (Å²) in [5, 5.41) is 6.04. The molecule has 2 amide bonds. The number of hydrogen-bond donors (Lipinski definition) is 2. The van der Waals surface area contributed by atoms with Gasteiger partial charge in [-0.1, -0.05) is 0 Å². The number of hydrogen-bond acceptors (Lipinski definition) is 5. The molecule has 0 aromatic carbocycles. The molecule has 2 fully saturated rings. The number of amides is 2. The largest absolute Gasteiger partial charge is 0.354 e. The average Bonchev–Trinajstić information content (AvgIpc) is 2.82. The molecule has 7 heteroatoms. The fourth-order valence-electron chi connectivity index (χ4n) is 2.79. The highest BCUT2D eigenvalue weighted by molar-refractivity contribution is 5.77. The molecule has 1 unspecified atom stereocenters. The summed E-state index contributed by atoms with van der Waals surface area (Å²) < 4.78 is 0. The number of anilines is 2. The summed E-state index contributed by atoms with van der Waals surface area (Å²) in [6, 6.07) is 0.301. The van der Waals surface area contributed by atoms with E-state index in [4.69, 9.17) is 0 Å². The van der Waals surface area contributed by atoms with Crippen molar-refractivity contribution in [2.45, 2.75) is 19.9 Å². The molecule has 2 saturated heterocycles. The van der Waals surface area contributed by atoms with Crippen LogP contribution in [0.15, 0.2) is 6.20 Å². The highest BCUT2D eigenvalue weighted by Crippen LogP contribution is 2.23. The Kier molecular flexibility index (Phi) is 3.33. The quantitative estimate of drug-likeness (QED) is 0.837. The Hall–Kier alpha value is -2.05. The van der Waals surface area contributed by atoms with Gasteiger partial charge in [-0.15, -0.1) is 0 Å². The summed E-state index contributed by atoms with van der Waals surface area (Å²) in [4.78, 5) is 24.7. The van der Waals surface area contributed by atoms with Gasteiger partial charge in [0.25, 0.3) is 0 Å². The maximum absolute atomic E-state index is 11.6. The first-order chi connectivity index (χ1) is 9.69. The number of nitrogens with zero attached hydrogens (tertiary/aromatic N) is 4. The Morgan fingerprint density at radius 2 is 2.35 bits per heavy atom. The molecule has 1 aromatic heterocycles. The van der Waals surface area contributed by atoms with Gasteiger partial charge in [-0.25, -0.2) is 9.78 Å². The maximum atomic E-state index is 11.6. The van der Waals surface area contributed by atoms with Crippen molar-refractivity contribution in [3.63, 3.8) is 0 Å². The Morgan fingerprint density at radius 3 is 3.15 bits per heavy atom. The molecule has 7 nitrogen and oxygen atoms in total. The topological polar surface area (TPSA) is 73.4 Å². The van der Waals surface area contributed by atoms with Gasteiger partial charge in [0, 0.05) is 44.5 Å². The van der Waals surface area contributed by atoms with Gasteiger partial charge >= 0.3 is 6.03 Å². The van der Waals surface area contributed by atoms with Crippen LogP contribution < -0.4 is 15.5 Å². The number of urea groups is 1. The number of carbonyl (C=O) groups excluding carboxylic acids is 1. The standard InChI is InChI=1S/C13H20N6O/c1-3-14-12-15-6-9(2)11(17-12)18-4-5-19-10(8-18)7-16-13(19)20/h6,10H,3-5,7-8H2,1-2H3,(H,16,20)(H,14,15,17). The van der Waals surface area contributed by atoms with Gasteiger partial charge in [0.2, 0.25) is 5.95 Å². The number of aromatic nitrogens is 2. The summed E-state index contributed by atoms with van der Waals surface area (Å²) in [5.41, 5.74) is 1.07. The van der Waals surface area contributed by atoms with Crippen LogP contribution in [0.5, 0.6) is 0 Å². The number of rotatable bonds is 3. The first-order valence-corrected chi connectivity index (χ1v) is 7.06. The van der Waals surface area contributed by atoms with Gasteiger partial charge in [0.15, 0.2) is 0 Å². The van der Waals surface area contributed by atoms with E-state index in [1.807, 2.05) is 24.9 Å². The van der Waals surface area contributed by atoms with E-state index in [2.05, 4.69) is 25.5 Å². The number of aryl methyl sites for hydroxylation is 1. The molecule has 0 spiro atoms. The van der Waals surface area contributed by atoms with E-state index in [0.29, 0.717) is 5.95 Å². The van der Waals surface area contributed by atoms with Crippen LogP contribution in [-0.4, -0.2) is 59.7 Å². The van der Waals surface area contributed by atoms with Crippen LogP contribution in [-0.2, 0) is 0 Å². The van der Waals surface area contributed by atoms with Crippen LogP contribution in [0.25, 0.3) is 0 Å². The van der Waals surface area contributed by atoms with Crippen LogP contribution in [0.1, 0.15) is 12.5 Å². The van der Waals surface area contributed by atoms with Gasteiger partial charge in [0.1, 0.15) is 5.82 Å². The zero-order chi connectivity index (χ0) is 14.1. The molecule has 1 atom stereocenters. The summed E-state index contributed by atoms with van der Waals surface area (Å²) in [5.74, 6) is 1.63. The Balaban J connectivity index is 1.79. The third-order valence-corrected chi connectivity index (χ3v) is 3.81. The molecule has 0 aliphatic carbocycles. The summed E-state index contributed by atoms with van der Waals surface area (Å²) in [7, 11) is 0. The van der Waals surface area contributed by atoms with Crippen LogP contribution in [0.4, 0.5) is 16.6 Å². The van der Waals surface area contributed by atoms with Crippen molar-refractivity contribution in [1.29, 1.82) is 0 Å². The van der Waals surface area contributed by atoms with E-state index in [-0.39, 0.29) is 12.1 Å². The van der Waals surface area contributed by atoms with Gasteiger partial charge in [-0.2, -0.15) is 4.98 Å². The lowest BCUT2D eigenvalue weighted by atomic mass is 10.2. The highest BCUT2D eigenvalue weighted by Gasteiger charge is 2.36. The second kappa shape index (κ2) is 5.15. The minimum Gasteiger partial charge on any atom is -0.354 e. The molecular formula is C13H20N6O. The van der Waals surface area contributed by atoms with E-state index in [1.54, 1.807) is 0 Å². The lowest BCUT2D eigenvalue weighted by Gasteiger charge is -2.37. The number of nitrogens with one attached hydrogen (secondary N) is 2. The molecule has 0 saturated carbocycles. The fraction of sp³-hybridized carbons (Fsp3) is 0.615. The van der Waals surface area contributed by atoms with Crippen LogP contribution >= 0.6 is 0 Å². The first-order valence-electron chi connectivity index (χ1n) is 7.06. The Bertz CT molecular complexity index is 520. The number of carbonyl (C=O) groups is 1. The van der Waals surface area contributed by atoms with Crippen molar-refractivity contribution in [1.82, 2.24) is 20.2 Å². The van der Waals surface area contributed by atoms with E-state index < -0.39 is 0 Å². The molecular weight excluding hydrogens is 256 g/mol. The molecule has 0 radical (unpaired) electrons. The monoisotopic (exact) mass is 276 g/mol. The molecule has 0 bridgehead atoms. The average molecular weight is 276 g/mol. The molecule has 108 valence electrons. The zero-order valence-corrected chi connectivity index (χ0v) is 11.9. The van der Waals surface area contributed by atoms with Crippen molar-refractivity contribution in [2.75, 3.05) is 42.9 Å². The fourth-order valence-corrected chi connectivity index (χ4v) is 2.79. The Labute approximate surface area is 118 Å². The van der Waals surface area contributed by atoms with E-state index in [0.717, 1.165) is 44.1 Å². The normalized spacial score (nSPS) is 21.7. The van der Waals surface area contributed by atoms with Crippen LogP contribution in [0, 0.1) is 6.92 Å². The predicted octanol–water partition coefficient (Wildman–Crippen LogP) is 0.431. The van der Waals surface area contributed by atoms with Crippen molar-refractivity contribution in [3.05, 3.63) is 11.8 Å². The van der Waals surface area contributed by atoms with Crippen LogP contribution in [0.2, 0.25) is 0 Å². The van der Waals surface area contributed by atoms with Crippen molar-refractivity contribution >= 4 is 17.8 Å². The number of fused-ring (bicyclic) bond motifs is 1. The second-order valence-electron chi connectivity index (χ2n) is 5.21. The molecule has 20 heavy (non-hydrogen) atoms. The molecule has 2 aliphatic heterocycles. The smallest absolute Gasteiger partial charge is 0.317 e. The lowest BCUT2D eigenvalue weighted by molar-refractivity contribution is 0.197. The van der Waals surface area contributed by atoms with Crippen molar-refractivity contribution in [3.8, 4) is 0 Å². The lowest BCUT2D eigenvalue weighted by Crippen LogP contribution is -2.52. The number of piperazine rings is 1. The zero-order valence-electron chi connectivity index (χ0n) is 11.9. The summed E-state index contributed by atoms with van der Waals surface area (Å²) in [6.07, 6.45) is 1.85. The van der Waals surface area contributed by atoms with Gasteiger partial charge in [-0.3, -0.25) is 0 Å². The predicted molar refractivity (Wildman–Crippen MR) is 77.0 cm³/mol. The molecule has 3 heterocycles.